The van der Waals surface area contributed by atoms with Crippen molar-refractivity contribution in [3.8, 4) is 0 Å². The number of urea groups is 1. The number of anilines is 1. The van der Waals surface area contributed by atoms with Crippen molar-refractivity contribution in [2.24, 2.45) is 0 Å². The van der Waals surface area contributed by atoms with Crippen LogP contribution in [0.2, 0.25) is 0 Å². The number of carboxylic acids is 1. The van der Waals surface area contributed by atoms with Crippen molar-refractivity contribution in [1.29, 1.82) is 0 Å². The number of halogens is 2. The standard InChI is InChI=1S/C13H16Br2N2O3/c1-3-5-17(4-2)13(20)16-11-9(12(18)19)6-8(14)7-10(11)15/h6-7H,3-5H2,1-2H3,(H,16,20)(H,18,19). The van der Waals surface area contributed by atoms with Crippen LogP contribution in [0.15, 0.2) is 21.1 Å². The van der Waals surface area contributed by atoms with Gasteiger partial charge in [0, 0.05) is 22.0 Å². The van der Waals surface area contributed by atoms with Gasteiger partial charge >= 0.3 is 12.0 Å². The van der Waals surface area contributed by atoms with Crippen molar-refractivity contribution in [2.45, 2.75) is 20.3 Å². The van der Waals surface area contributed by atoms with Gasteiger partial charge in [-0.2, -0.15) is 0 Å². The van der Waals surface area contributed by atoms with Gasteiger partial charge in [-0.25, -0.2) is 9.59 Å². The Hall–Kier alpha value is -1.08. The molecule has 2 amide bonds. The SMILES string of the molecule is CCCN(CC)C(=O)Nc1c(Br)cc(Br)cc1C(=O)O. The van der Waals surface area contributed by atoms with Crippen LogP contribution in [-0.4, -0.2) is 35.1 Å². The van der Waals surface area contributed by atoms with Crippen LogP contribution >= 0.6 is 31.9 Å². The highest BCUT2D eigenvalue weighted by molar-refractivity contribution is 9.11. The summed E-state index contributed by atoms with van der Waals surface area (Å²) in [6.07, 6.45) is 0.842. The molecule has 0 spiro atoms. The Bertz CT molecular complexity index is 521. The number of aromatic carboxylic acids is 1. The van der Waals surface area contributed by atoms with Gasteiger partial charge < -0.3 is 15.3 Å². The topological polar surface area (TPSA) is 69.6 Å². The van der Waals surface area contributed by atoms with Crippen LogP contribution in [0.1, 0.15) is 30.6 Å². The molecule has 0 aliphatic rings. The molecule has 0 atom stereocenters. The lowest BCUT2D eigenvalue weighted by molar-refractivity contribution is 0.0698. The molecule has 0 saturated carbocycles. The number of hydrogen-bond donors (Lipinski definition) is 2. The smallest absolute Gasteiger partial charge is 0.337 e. The maximum atomic E-state index is 12.1. The van der Waals surface area contributed by atoms with E-state index in [0.29, 0.717) is 22.0 Å². The van der Waals surface area contributed by atoms with Crippen LogP contribution < -0.4 is 5.32 Å². The summed E-state index contributed by atoms with van der Waals surface area (Å²) in [4.78, 5) is 25.0. The van der Waals surface area contributed by atoms with Crippen molar-refractivity contribution in [1.82, 2.24) is 4.90 Å². The number of carboxylic acid groups (broad SMARTS) is 1. The molecule has 0 fully saturated rings. The molecule has 0 heterocycles. The molecule has 0 radical (unpaired) electrons. The predicted octanol–water partition coefficient (Wildman–Crippen LogP) is 4.17. The highest BCUT2D eigenvalue weighted by Gasteiger charge is 2.19. The van der Waals surface area contributed by atoms with E-state index in [4.69, 9.17) is 0 Å². The van der Waals surface area contributed by atoms with Crippen molar-refractivity contribution in [3.63, 3.8) is 0 Å². The highest BCUT2D eigenvalue weighted by Crippen LogP contribution is 2.31. The van der Waals surface area contributed by atoms with Gasteiger partial charge in [-0.15, -0.1) is 0 Å². The summed E-state index contributed by atoms with van der Waals surface area (Å²) in [5.41, 5.74) is 0.299. The van der Waals surface area contributed by atoms with Gasteiger partial charge in [0.15, 0.2) is 0 Å². The lowest BCUT2D eigenvalue weighted by atomic mass is 10.2. The lowest BCUT2D eigenvalue weighted by Crippen LogP contribution is -2.35. The lowest BCUT2D eigenvalue weighted by Gasteiger charge is -2.21. The van der Waals surface area contributed by atoms with E-state index in [0.717, 1.165) is 6.42 Å². The number of benzene rings is 1. The van der Waals surface area contributed by atoms with Crippen molar-refractivity contribution in [3.05, 3.63) is 26.6 Å². The first-order valence-corrected chi connectivity index (χ1v) is 7.77. The normalized spacial score (nSPS) is 10.2. The maximum Gasteiger partial charge on any atom is 0.337 e. The number of rotatable bonds is 5. The molecule has 1 aromatic rings. The largest absolute Gasteiger partial charge is 0.478 e. The number of nitrogens with one attached hydrogen (secondary N) is 1. The van der Waals surface area contributed by atoms with Crippen molar-refractivity contribution >= 4 is 49.5 Å². The zero-order valence-corrected chi connectivity index (χ0v) is 14.4. The minimum atomic E-state index is -1.10. The summed E-state index contributed by atoms with van der Waals surface area (Å²) in [5.74, 6) is -1.10. The molecule has 110 valence electrons. The van der Waals surface area contributed by atoms with Gasteiger partial charge in [0.1, 0.15) is 0 Å². The minimum Gasteiger partial charge on any atom is -0.478 e. The van der Waals surface area contributed by atoms with Gasteiger partial charge in [0.25, 0.3) is 0 Å². The molecule has 0 aromatic heterocycles. The third-order valence-corrected chi connectivity index (χ3v) is 3.76. The average molecular weight is 408 g/mol. The number of amides is 2. The zero-order chi connectivity index (χ0) is 15.3. The van der Waals surface area contributed by atoms with Crippen LogP contribution in [0, 0.1) is 0 Å². The quantitative estimate of drug-likeness (QED) is 0.769. The van der Waals surface area contributed by atoms with Crippen molar-refractivity contribution in [2.75, 3.05) is 18.4 Å². The fraction of sp³-hybridized carbons (Fsp3) is 0.385. The predicted molar refractivity (Wildman–Crippen MR) is 85.4 cm³/mol. The average Bonchev–Trinajstić information content (AvgIpc) is 2.38. The second-order valence-electron chi connectivity index (χ2n) is 4.13. The molecule has 2 N–H and O–H groups in total. The van der Waals surface area contributed by atoms with Crippen molar-refractivity contribution < 1.29 is 14.7 Å². The first-order chi connectivity index (χ1) is 9.40. The molecule has 0 aliphatic carbocycles. The number of nitrogens with zero attached hydrogens (tertiary/aromatic N) is 1. The van der Waals surface area contributed by atoms with E-state index in [1.807, 2.05) is 13.8 Å². The van der Waals surface area contributed by atoms with Crippen LogP contribution in [0.5, 0.6) is 0 Å². The molecular formula is C13H16Br2N2O3. The Kier molecular flexibility index (Phi) is 6.48. The first kappa shape index (κ1) is 17.0. The van der Waals surface area contributed by atoms with Crippen LogP contribution in [0.25, 0.3) is 0 Å². The Labute approximate surface area is 134 Å². The third kappa shape index (κ3) is 4.21. The molecule has 0 unspecified atom stereocenters. The molecular weight excluding hydrogens is 392 g/mol. The monoisotopic (exact) mass is 406 g/mol. The second kappa shape index (κ2) is 7.64. The summed E-state index contributed by atoms with van der Waals surface area (Å²) in [7, 11) is 0. The summed E-state index contributed by atoms with van der Waals surface area (Å²) in [6.45, 7) is 5.05. The molecule has 5 nitrogen and oxygen atoms in total. The summed E-state index contributed by atoms with van der Waals surface area (Å²) < 4.78 is 1.14. The van der Waals surface area contributed by atoms with Gasteiger partial charge in [-0.05, 0) is 41.4 Å². The Morgan fingerprint density at radius 1 is 1.30 bits per heavy atom. The minimum absolute atomic E-state index is 0.0344. The van der Waals surface area contributed by atoms with Gasteiger partial charge in [-0.1, -0.05) is 22.9 Å². The van der Waals surface area contributed by atoms with Crippen LogP contribution in [0.3, 0.4) is 0 Å². The zero-order valence-electron chi connectivity index (χ0n) is 11.2. The Balaban J connectivity index is 3.08. The van der Waals surface area contributed by atoms with E-state index in [2.05, 4.69) is 37.2 Å². The number of hydrogen-bond acceptors (Lipinski definition) is 2. The summed E-state index contributed by atoms with van der Waals surface area (Å²) >= 11 is 6.51. The van der Waals surface area contributed by atoms with E-state index < -0.39 is 5.97 Å². The van der Waals surface area contributed by atoms with Gasteiger partial charge in [-0.3, -0.25) is 0 Å². The summed E-state index contributed by atoms with van der Waals surface area (Å²) in [6, 6.07) is 2.84. The third-order valence-electron chi connectivity index (χ3n) is 2.68. The highest BCUT2D eigenvalue weighted by atomic mass is 79.9. The Morgan fingerprint density at radius 2 is 1.95 bits per heavy atom. The molecule has 0 bridgehead atoms. The van der Waals surface area contributed by atoms with Gasteiger partial charge in [0.05, 0.1) is 11.3 Å². The fourth-order valence-corrected chi connectivity index (χ4v) is 3.05. The molecule has 1 rings (SSSR count). The van der Waals surface area contributed by atoms with Gasteiger partial charge in [0.2, 0.25) is 0 Å². The van der Waals surface area contributed by atoms with Crippen LogP contribution in [0.4, 0.5) is 10.5 Å². The van der Waals surface area contributed by atoms with E-state index >= 15 is 0 Å². The molecule has 0 aliphatic heterocycles. The fourth-order valence-electron chi connectivity index (χ4n) is 1.73. The molecule has 1 aromatic carbocycles. The first-order valence-electron chi connectivity index (χ1n) is 6.18. The van der Waals surface area contributed by atoms with E-state index in [1.165, 1.54) is 6.07 Å². The Morgan fingerprint density at radius 3 is 2.45 bits per heavy atom. The number of carbonyl (C=O) groups excluding carboxylic acids is 1. The van der Waals surface area contributed by atoms with E-state index in [9.17, 15) is 14.7 Å². The molecule has 7 heteroatoms. The second-order valence-corrected chi connectivity index (χ2v) is 5.90. The maximum absolute atomic E-state index is 12.1. The summed E-state index contributed by atoms with van der Waals surface area (Å²) in [5, 5.41) is 11.9. The van der Waals surface area contributed by atoms with Crippen LogP contribution in [-0.2, 0) is 0 Å². The van der Waals surface area contributed by atoms with E-state index in [1.54, 1.807) is 11.0 Å². The molecule has 0 saturated heterocycles. The number of carbonyl (C=O) groups is 2. The van der Waals surface area contributed by atoms with E-state index in [-0.39, 0.29) is 17.3 Å². The molecule has 20 heavy (non-hydrogen) atoms.